The lowest BCUT2D eigenvalue weighted by atomic mass is 9.84. The van der Waals surface area contributed by atoms with E-state index in [-0.39, 0.29) is 42.8 Å². The Morgan fingerprint density at radius 1 is 0.968 bits per heavy atom. The van der Waals surface area contributed by atoms with Crippen molar-refractivity contribution in [3.63, 3.8) is 0 Å². The largest absolute Gasteiger partial charge is 0.465 e. The summed E-state index contributed by atoms with van der Waals surface area (Å²) in [6, 6.07) is 5.50. The highest BCUT2D eigenvalue weighted by Crippen LogP contribution is 2.53. The van der Waals surface area contributed by atoms with Gasteiger partial charge in [-0.2, -0.15) is 5.01 Å². The van der Waals surface area contributed by atoms with Gasteiger partial charge in [0.15, 0.2) is 5.41 Å². The zero-order valence-corrected chi connectivity index (χ0v) is 17.3. The fourth-order valence-corrected chi connectivity index (χ4v) is 4.73. The van der Waals surface area contributed by atoms with Crippen molar-refractivity contribution in [1.82, 2.24) is 10.0 Å². The quantitative estimate of drug-likeness (QED) is 0.304. The molecule has 1 aromatic rings. The third-order valence-electron chi connectivity index (χ3n) is 6.16. The van der Waals surface area contributed by atoms with E-state index in [9.17, 15) is 24.0 Å². The minimum absolute atomic E-state index is 0.0421. The predicted molar refractivity (Wildman–Crippen MR) is 105 cm³/mol. The topological polar surface area (TPSA) is 110 Å². The van der Waals surface area contributed by atoms with E-state index in [1.807, 2.05) is 0 Å². The van der Waals surface area contributed by atoms with Crippen LogP contribution in [0.2, 0.25) is 0 Å². The molecule has 0 radical (unpaired) electrons. The van der Waals surface area contributed by atoms with Gasteiger partial charge in [-0.3, -0.25) is 24.0 Å². The van der Waals surface area contributed by atoms with Crippen LogP contribution in [0.1, 0.15) is 47.4 Å². The molecular weight excluding hydrogens is 404 g/mol. The number of imide groups is 1. The van der Waals surface area contributed by atoms with Crippen LogP contribution in [0.3, 0.4) is 0 Å². The van der Waals surface area contributed by atoms with Gasteiger partial charge in [-0.25, -0.2) is 5.01 Å². The molecule has 1 saturated heterocycles. The number of esters is 2. The van der Waals surface area contributed by atoms with Gasteiger partial charge < -0.3 is 9.47 Å². The number of nitrogens with zero attached hydrogens (tertiary/aromatic N) is 2. The van der Waals surface area contributed by atoms with E-state index < -0.39 is 47.0 Å². The number of carbonyl (C=O) groups is 5. The summed E-state index contributed by atoms with van der Waals surface area (Å²) in [4.78, 5) is 64.6. The van der Waals surface area contributed by atoms with E-state index in [1.54, 1.807) is 26.0 Å². The summed E-state index contributed by atoms with van der Waals surface area (Å²) in [6.45, 7) is 7.21. The summed E-state index contributed by atoms with van der Waals surface area (Å²) in [5, 5.41) is 1.85. The molecule has 1 aliphatic carbocycles. The third-order valence-corrected chi connectivity index (χ3v) is 6.16. The second kappa shape index (κ2) is 7.33. The van der Waals surface area contributed by atoms with Crippen molar-refractivity contribution in [3.8, 4) is 0 Å². The van der Waals surface area contributed by atoms with Crippen molar-refractivity contribution in [2.75, 3.05) is 13.2 Å². The van der Waals surface area contributed by atoms with Crippen LogP contribution in [0.15, 0.2) is 36.4 Å². The lowest BCUT2D eigenvalue weighted by Crippen LogP contribution is -2.52. The Balaban J connectivity index is 1.73. The Kier molecular flexibility index (Phi) is 4.91. The minimum atomic E-state index is -1.64. The van der Waals surface area contributed by atoms with Gasteiger partial charge in [0.05, 0.1) is 30.4 Å². The highest BCUT2D eigenvalue weighted by atomic mass is 16.6. The summed E-state index contributed by atoms with van der Waals surface area (Å²) < 4.78 is 10.3. The Morgan fingerprint density at radius 2 is 1.48 bits per heavy atom. The summed E-state index contributed by atoms with van der Waals surface area (Å²) in [5.74, 6) is -3.94. The van der Waals surface area contributed by atoms with Crippen molar-refractivity contribution >= 4 is 29.7 Å². The summed E-state index contributed by atoms with van der Waals surface area (Å²) >= 11 is 0. The standard InChI is InChI=1S/C22H22N2O7/c1-4-30-20(28)22(21(29)31-5-2)10-15-12(3)17(25)23(16(15)11-22)24-18(26)13-8-6-7-9-14(13)19(24)27/h6-9,15-16H,3-5,10-11H2,1-2H3. The molecule has 2 unspecified atom stereocenters. The van der Waals surface area contributed by atoms with Crippen LogP contribution in [0.25, 0.3) is 0 Å². The van der Waals surface area contributed by atoms with Crippen LogP contribution in [-0.2, 0) is 23.9 Å². The fourth-order valence-electron chi connectivity index (χ4n) is 4.73. The van der Waals surface area contributed by atoms with Gasteiger partial charge in [0.2, 0.25) is 0 Å². The molecule has 0 aromatic heterocycles. The van der Waals surface area contributed by atoms with E-state index >= 15 is 0 Å². The molecule has 2 aliphatic heterocycles. The molecule has 9 nitrogen and oxygen atoms in total. The number of carbonyl (C=O) groups excluding carboxylic acids is 5. The molecule has 9 heteroatoms. The van der Waals surface area contributed by atoms with Crippen LogP contribution in [0.5, 0.6) is 0 Å². The number of hydrazine groups is 1. The molecule has 31 heavy (non-hydrogen) atoms. The van der Waals surface area contributed by atoms with Crippen molar-refractivity contribution in [1.29, 1.82) is 0 Å². The number of rotatable bonds is 5. The lowest BCUT2D eigenvalue weighted by molar-refractivity contribution is -0.172. The normalized spacial score (nSPS) is 23.8. The molecular formula is C22H22N2O7. The first-order valence-corrected chi connectivity index (χ1v) is 10.1. The van der Waals surface area contributed by atoms with E-state index in [0.29, 0.717) is 0 Å². The van der Waals surface area contributed by atoms with Crippen LogP contribution in [0, 0.1) is 11.3 Å². The van der Waals surface area contributed by atoms with Gasteiger partial charge in [0.1, 0.15) is 0 Å². The van der Waals surface area contributed by atoms with Gasteiger partial charge in [0.25, 0.3) is 17.7 Å². The Hall–Kier alpha value is -3.49. The van der Waals surface area contributed by atoms with Crippen molar-refractivity contribution < 1.29 is 33.4 Å². The number of hydrogen-bond acceptors (Lipinski definition) is 7. The molecule has 1 saturated carbocycles. The molecule has 0 spiro atoms. The zero-order chi connectivity index (χ0) is 22.5. The fraction of sp³-hybridized carbons (Fsp3) is 0.409. The predicted octanol–water partition coefficient (Wildman–Crippen LogP) is 1.49. The maximum atomic E-state index is 13.0. The van der Waals surface area contributed by atoms with Gasteiger partial charge >= 0.3 is 11.9 Å². The van der Waals surface area contributed by atoms with Crippen molar-refractivity contribution in [2.24, 2.45) is 11.3 Å². The molecule has 1 aromatic carbocycles. The minimum Gasteiger partial charge on any atom is -0.465 e. The SMILES string of the molecule is C=C1C(=O)N(N2C(=O)c3ccccc3C2=O)C2CC(C(=O)OCC)(C(=O)OCC)CC12. The molecule has 162 valence electrons. The number of hydrogen-bond donors (Lipinski definition) is 0. The third kappa shape index (κ3) is 2.79. The van der Waals surface area contributed by atoms with E-state index in [4.69, 9.17) is 9.47 Å². The van der Waals surface area contributed by atoms with Gasteiger partial charge in [0, 0.05) is 11.5 Å². The first kappa shape index (κ1) is 20.8. The highest BCUT2D eigenvalue weighted by Gasteiger charge is 2.65. The first-order valence-electron chi connectivity index (χ1n) is 10.1. The average molecular weight is 426 g/mol. The van der Waals surface area contributed by atoms with E-state index in [1.165, 1.54) is 12.1 Å². The van der Waals surface area contributed by atoms with E-state index in [2.05, 4.69) is 6.58 Å². The van der Waals surface area contributed by atoms with Crippen LogP contribution >= 0.6 is 0 Å². The molecule has 2 fully saturated rings. The number of amides is 3. The Morgan fingerprint density at radius 3 is 1.97 bits per heavy atom. The summed E-state index contributed by atoms with van der Waals surface area (Å²) in [7, 11) is 0. The highest BCUT2D eigenvalue weighted by molar-refractivity contribution is 6.22. The molecule has 4 rings (SSSR count). The molecule has 3 aliphatic rings. The van der Waals surface area contributed by atoms with Crippen LogP contribution < -0.4 is 0 Å². The molecule has 2 heterocycles. The average Bonchev–Trinajstić information content (AvgIpc) is 3.34. The van der Waals surface area contributed by atoms with Gasteiger partial charge in [-0.15, -0.1) is 0 Å². The Bertz CT molecular complexity index is 977. The summed E-state index contributed by atoms with van der Waals surface area (Å²) in [6.07, 6.45) is -0.174. The monoisotopic (exact) mass is 426 g/mol. The summed E-state index contributed by atoms with van der Waals surface area (Å²) in [5.41, 5.74) is -1.12. The zero-order valence-electron chi connectivity index (χ0n) is 17.3. The van der Waals surface area contributed by atoms with Crippen LogP contribution in [-0.4, -0.2) is 58.9 Å². The molecule has 3 amide bonds. The van der Waals surface area contributed by atoms with Crippen molar-refractivity contribution in [2.45, 2.75) is 32.7 Å². The van der Waals surface area contributed by atoms with E-state index in [0.717, 1.165) is 10.0 Å². The van der Waals surface area contributed by atoms with Gasteiger partial charge in [-0.1, -0.05) is 18.7 Å². The van der Waals surface area contributed by atoms with Gasteiger partial charge in [-0.05, 0) is 38.8 Å². The maximum absolute atomic E-state index is 13.0. The molecule has 0 bridgehead atoms. The first-order chi connectivity index (χ1) is 14.8. The molecule has 0 N–H and O–H groups in total. The second-order valence-corrected chi connectivity index (χ2v) is 7.75. The maximum Gasteiger partial charge on any atom is 0.323 e. The second-order valence-electron chi connectivity index (χ2n) is 7.75. The van der Waals surface area contributed by atoms with Crippen LogP contribution in [0.4, 0.5) is 0 Å². The Labute approximate surface area is 178 Å². The number of fused-ring (bicyclic) bond motifs is 2. The lowest BCUT2D eigenvalue weighted by Gasteiger charge is -2.32. The number of benzene rings is 1. The number of ether oxygens (including phenoxy) is 2. The molecule has 2 atom stereocenters. The van der Waals surface area contributed by atoms with Crippen molar-refractivity contribution in [3.05, 3.63) is 47.5 Å². The smallest absolute Gasteiger partial charge is 0.323 e.